The van der Waals surface area contributed by atoms with Gasteiger partial charge >= 0.3 is 0 Å². The Balaban J connectivity index is 1.98. The van der Waals surface area contributed by atoms with Crippen LogP contribution in [0.15, 0.2) is 17.1 Å². The second kappa shape index (κ2) is 6.61. The molecule has 1 saturated heterocycles. The number of ether oxygens (including phenoxy) is 1. The lowest BCUT2D eigenvalue weighted by Crippen LogP contribution is -2.27. The standard InChI is InChI=1S/C18H26N2O/c1-3-12-21-18-15(14-8-10-19-11-9-14)6-7-17-16(18)5-4-13(2)20-17/h6-7,14,19H,3-5,8-12H2,1-2H3. The molecule has 0 atom stereocenters. The van der Waals surface area contributed by atoms with Gasteiger partial charge in [0.15, 0.2) is 0 Å². The normalized spacial score (nSPS) is 19.0. The van der Waals surface area contributed by atoms with Crippen LogP contribution in [0.2, 0.25) is 0 Å². The average molecular weight is 286 g/mol. The molecule has 0 aliphatic carbocycles. The third-order valence-electron chi connectivity index (χ3n) is 4.54. The first-order valence-electron chi connectivity index (χ1n) is 8.33. The maximum absolute atomic E-state index is 6.18. The fourth-order valence-electron chi connectivity index (χ4n) is 3.38. The summed E-state index contributed by atoms with van der Waals surface area (Å²) in [4.78, 5) is 4.73. The Morgan fingerprint density at radius 1 is 1.24 bits per heavy atom. The van der Waals surface area contributed by atoms with E-state index in [1.54, 1.807) is 0 Å². The molecule has 1 N–H and O–H groups in total. The first kappa shape index (κ1) is 14.6. The first-order chi connectivity index (χ1) is 10.3. The summed E-state index contributed by atoms with van der Waals surface area (Å²) in [5.74, 6) is 1.79. The third-order valence-corrected chi connectivity index (χ3v) is 4.54. The SMILES string of the molecule is CCCOc1c(C2CCNCC2)ccc2c1CCC(C)=N2. The zero-order valence-electron chi connectivity index (χ0n) is 13.2. The minimum atomic E-state index is 0.635. The number of rotatable bonds is 4. The zero-order chi connectivity index (χ0) is 14.7. The maximum atomic E-state index is 6.18. The van der Waals surface area contributed by atoms with Crippen molar-refractivity contribution in [3.63, 3.8) is 0 Å². The largest absolute Gasteiger partial charge is 0.493 e. The van der Waals surface area contributed by atoms with Crippen LogP contribution in [0.1, 0.15) is 56.6 Å². The van der Waals surface area contributed by atoms with Crippen molar-refractivity contribution in [2.45, 2.75) is 51.9 Å². The summed E-state index contributed by atoms with van der Waals surface area (Å²) in [6.07, 6.45) is 5.61. The first-order valence-corrected chi connectivity index (χ1v) is 8.33. The second-order valence-corrected chi connectivity index (χ2v) is 6.20. The summed E-state index contributed by atoms with van der Waals surface area (Å²) in [6, 6.07) is 4.47. The van der Waals surface area contributed by atoms with E-state index in [0.29, 0.717) is 5.92 Å². The molecule has 3 rings (SSSR count). The van der Waals surface area contributed by atoms with Crippen LogP contribution in [0, 0.1) is 0 Å². The molecule has 2 heterocycles. The van der Waals surface area contributed by atoms with Gasteiger partial charge in [0, 0.05) is 11.3 Å². The Morgan fingerprint density at radius 2 is 2.05 bits per heavy atom. The van der Waals surface area contributed by atoms with E-state index >= 15 is 0 Å². The van der Waals surface area contributed by atoms with E-state index < -0.39 is 0 Å². The lowest BCUT2D eigenvalue weighted by atomic mass is 9.86. The highest BCUT2D eigenvalue weighted by Gasteiger charge is 2.24. The molecular formula is C18H26N2O. The van der Waals surface area contributed by atoms with Gasteiger partial charge in [-0.15, -0.1) is 0 Å². The third kappa shape index (κ3) is 3.13. The molecule has 2 aliphatic heterocycles. The van der Waals surface area contributed by atoms with Crippen molar-refractivity contribution < 1.29 is 4.74 Å². The Kier molecular flexibility index (Phi) is 4.59. The van der Waals surface area contributed by atoms with Crippen molar-refractivity contribution in [3.8, 4) is 5.75 Å². The lowest BCUT2D eigenvalue weighted by Gasteiger charge is -2.27. The van der Waals surface area contributed by atoms with Crippen molar-refractivity contribution in [2.24, 2.45) is 4.99 Å². The van der Waals surface area contributed by atoms with Crippen LogP contribution in [0.25, 0.3) is 0 Å². The summed E-state index contributed by atoms with van der Waals surface area (Å²) in [5.41, 5.74) is 5.12. The van der Waals surface area contributed by atoms with Crippen molar-refractivity contribution >= 4 is 11.4 Å². The number of hydrogen-bond acceptors (Lipinski definition) is 3. The van der Waals surface area contributed by atoms with Gasteiger partial charge in [0.05, 0.1) is 12.3 Å². The van der Waals surface area contributed by atoms with Crippen LogP contribution >= 0.6 is 0 Å². The van der Waals surface area contributed by atoms with Gasteiger partial charge in [-0.2, -0.15) is 0 Å². The molecule has 0 saturated carbocycles. The molecule has 0 aromatic heterocycles. The molecule has 114 valence electrons. The Bertz CT molecular complexity index is 530. The van der Waals surface area contributed by atoms with Crippen molar-refractivity contribution in [3.05, 3.63) is 23.3 Å². The second-order valence-electron chi connectivity index (χ2n) is 6.20. The molecule has 2 aliphatic rings. The van der Waals surface area contributed by atoms with Gasteiger partial charge in [0.25, 0.3) is 0 Å². The predicted octanol–water partition coefficient (Wildman–Crippen LogP) is 3.98. The molecule has 21 heavy (non-hydrogen) atoms. The Morgan fingerprint density at radius 3 is 2.81 bits per heavy atom. The van der Waals surface area contributed by atoms with Gasteiger partial charge in [0.1, 0.15) is 5.75 Å². The Labute approximate surface area is 127 Å². The molecule has 3 heteroatoms. The van der Waals surface area contributed by atoms with Crippen LogP contribution in [0.4, 0.5) is 5.69 Å². The number of nitrogens with one attached hydrogen (secondary N) is 1. The summed E-state index contributed by atoms with van der Waals surface area (Å²) in [5, 5.41) is 3.45. The van der Waals surface area contributed by atoms with E-state index in [4.69, 9.17) is 9.73 Å². The molecule has 0 radical (unpaired) electrons. The van der Waals surface area contributed by atoms with Gasteiger partial charge in [-0.05, 0) is 69.7 Å². The quantitative estimate of drug-likeness (QED) is 0.908. The van der Waals surface area contributed by atoms with Gasteiger partial charge in [0.2, 0.25) is 0 Å². The Hall–Kier alpha value is -1.35. The number of fused-ring (bicyclic) bond motifs is 1. The number of benzene rings is 1. The fourth-order valence-corrected chi connectivity index (χ4v) is 3.38. The van der Waals surface area contributed by atoms with Gasteiger partial charge < -0.3 is 10.1 Å². The fraction of sp³-hybridized carbons (Fsp3) is 0.611. The van der Waals surface area contributed by atoms with E-state index in [9.17, 15) is 0 Å². The lowest BCUT2D eigenvalue weighted by molar-refractivity contribution is 0.305. The summed E-state index contributed by atoms with van der Waals surface area (Å²) >= 11 is 0. The van der Waals surface area contributed by atoms with Gasteiger partial charge in [-0.1, -0.05) is 13.0 Å². The van der Waals surface area contributed by atoms with E-state index in [1.807, 2.05) is 0 Å². The molecule has 0 amide bonds. The highest BCUT2D eigenvalue weighted by Crippen LogP contribution is 2.41. The summed E-state index contributed by atoms with van der Waals surface area (Å²) < 4.78 is 6.18. The minimum Gasteiger partial charge on any atom is -0.493 e. The van der Waals surface area contributed by atoms with Crippen molar-refractivity contribution in [1.82, 2.24) is 5.32 Å². The predicted molar refractivity (Wildman–Crippen MR) is 88.2 cm³/mol. The average Bonchev–Trinajstić information content (AvgIpc) is 2.53. The number of nitrogens with zero attached hydrogens (tertiary/aromatic N) is 1. The van der Waals surface area contributed by atoms with Crippen LogP contribution in [-0.2, 0) is 6.42 Å². The topological polar surface area (TPSA) is 33.6 Å². The van der Waals surface area contributed by atoms with Crippen LogP contribution < -0.4 is 10.1 Å². The van der Waals surface area contributed by atoms with E-state index in [0.717, 1.165) is 50.4 Å². The van der Waals surface area contributed by atoms with Gasteiger partial charge in [-0.25, -0.2) is 0 Å². The zero-order valence-corrected chi connectivity index (χ0v) is 13.2. The maximum Gasteiger partial charge on any atom is 0.128 e. The van der Waals surface area contributed by atoms with E-state index in [2.05, 4.69) is 31.3 Å². The number of piperidine rings is 1. The molecule has 3 nitrogen and oxygen atoms in total. The molecule has 1 aromatic rings. The number of aliphatic imine (C=N–C) groups is 1. The van der Waals surface area contributed by atoms with Crippen molar-refractivity contribution in [1.29, 1.82) is 0 Å². The van der Waals surface area contributed by atoms with Crippen LogP contribution in [-0.4, -0.2) is 25.4 Å². The van der Waals surface area contributed by atoms with Crippen LogP contribution in [0.5, 0.6) is 5.75 Å². The number of hydrogen-bond donors (Lipinski definition) is 1. The van der Waals surface area contributed by atoms with Crippen LogP contribution in [0.3, 0.4) is 0 Å². The summed E-state index contributed by atoms with van der Waals surface area (Å²) in [7, 11) is 0. The van der Waals surface area contributed by atoms with Gasteiger partial charge in [-0.3, -0.25) is 4.99 Å². The highest BCUT2D eigenvalue weighted by atomic mass is 16.5. The monoisotopic (exact) mass is 286 g/mol. The molecule has 0 unspecified atom stereocenters. The van der Waals surface area contributed by atoms with E-state index in [-0.39, 0.29) is 0 Å². The molecule has 1 fully saturated rings. The smallest absolute Gasteiger partial charge is 0.128 e. The molecule has 0 spiro atoms. The minimum absolute atomic E-state index is 0.635. The molecular weight excluding hydrogens is 260 g/mol. The molecule has 1 aromatic carbocycles. The summed E-state index contributed by atoms with van der Waals surface area (Å²) in [6.45, 7) is 7.33. The van der Waals surface area contributed by atoms with Crippen molar-refractivity contribution in [2.75, 3.05) is 19.7 Å². The molecule has 0 bridgehead atoms. The van der Waals surface area contributed by atoms with E-state index in [1.165, 1.54) is 29.7 Å². The highest BCUT2D eigenvalue weighted by molar-refractivity contribution is 5.87.